The first-order chi connectivity index (χ1) is 5.00. The Labute approximate surface area is 92.1 Å². The van der Waals surface area contributed by atoms with Crippen molar-refractivity contribution in [2.45, 2.75) is 28.4 Å². The van der Waals surface area contributed by atoms with Crippen molar-refractivity contribution >= 4 is 58.0 Å². The van der Waals surface area contributed by atoms with Crippen LogP contribution in [0.2, 0.25) is 0 Å². The molecule has 0 aliphatic carbocycles. The van der Waals surface area contributed by atoms with Crippen molar-refractivity contribution in [2.75, 3.05) is 0 Å². The van der Waals surface area contributed by atoms with Gasteiger partial charge in [-0.15, -0.1) is 58.0 Å². The summed E-state index contributed by atoms with van der Waals surface area (Å²) in [5.41, 5.74) is 0. The van der Waals surface area contributed by atoms with Gasteiger partial charge in [0.25, 0.3) is 0 Å². The molecule has 5 heteroatoms. The summed E-state index contributed by atoms with van der Waals surface area (Å²) < 4.78 is 0. The van der Waals surface area contributed by atoms with Crippen LogP contribution in [0.3, 0.4) is 0 Å². The van der Waals surface area contributed by atoms with Gasteiger partial charge in [-0.3, -0.25) is 0 Å². The van der Waals surface area contributed by atoms with Crippen molar-refractivity contribution in [2.24, 2.45) is 5.92 Å². The maximum absolute atomic E-state index is 5.88. The van der Waals surface area contributed by atoms with Gasteiger partial charge >= 0.3 is 0 Å². The average Bonchev–Trinajstić information content (AvgIpc) is 1.85. The molecule has 0 aliphatic heterocycles. The highest BCUT2D eigenvalue weighted by Gasteiger charge is 2.30. The second kappa shape index (κ2) is 5.99. The third-order valence-corrected chi connectivity index (χ3v) is 3.15. The van der Waals surface area contributed by atoms with E-state index in [0.29, 0.717) is 0 Å². The van der Waals surface area contributed by atoms with Gasteiger partial charge in [0.1, 0.15) is 9.67 Å². The Hall–Kier alpha value is 1.45. The fourth-order valence-corrected chi connectivity index (χ4v) is 2.87. The highest BCUT2D eigenvalue weighted by atomic mass is 35.5. The smallest absolute Gasteiger partial charge is 0.114 e. The van der Waals surface area contributed by atoms with Crippen LogP contribution < -0.4 is 0 Å². The van der Waals surface area contributed by atoms with Crippen LogP contribution in [0.15, 0.2) is 0 Å². The summed E-state index contributed by atoms with van der Waals surface area (Å²) in [6.45, 7) is 1.93. The Morgan fingerprint density at radius 1 is 0.909 bits per heavy atom. The number of halogens is 5. The molecule has 0 saturated heterocycles. The maximum Gasteiger partial charge on any atom is 0.114 e. The quantitative estimate of drug-likeness (QED) is 0.662. The molecule has 11 heavy (non-hydrogen) atoms. The van der Waals surface area contributed by atoms with Crippen molar-refractivity contribution in [3.8, 4) is 0 Å². The van der Waals surface area contributed by atoms with Gasteiger partial charge in [0.2, 0.25) is 0 Å². The molecular weight excluding hydrogens is 249 g/mol. The van der Waals surface area contributed by atoms with Crippen molar-refractivity contribution in [3.63, 3.8) is 0 Å². The molecule has 0 bridgehead atoms. The molecule has 0 radical (unpaired) electrons. The summed E-state index contributed by atoms with van der Waals surface area (Å²) in [6.07, 6.45) is 0.748. The van der Waals surface area contributed by atoms with Gasteiger partial charge in [-0.25, -0.2) is 0 Å². The van der Waals surface area contributed by atoms with E-state index in [-0.39, 0.29) is 11.3 Å². The lowest BCUT2D eigenvalue weighted by molar-refractivity contribution is 0.553. The third kappa shape index (κ3) is 4.28. The zero-order chi connectivity index (χ0) is 9.02. The minimum Gasteiger partial charge on any atom is -0.123 e. The average molecular weight is 258 g/mol. The predicted molar refractivity (Wildman–Crippen MR) is 54.4 cm³/mol. The van der Waals surface area contributed by atoms with Crippen molar-refractivity contribution in [1.29, 1.82) is 0 Å². The molecular formula is C6H9Cl5. The summed E-state index contributed by atoms with van der Waals surface area (Å²) in [5, 5.41) is -0.171. The topological polar surface area (TPSA) is 0 Å². The van der Waals surface area contributed by atoms with E-state index >= 15 is 0 Å². The van der Waals surface area contributed by atoms with Crippen molar-refractivity contribution in [3.05, 3.63) is 0 Å². The van der Waals surface area contributed by atoms with Crippen LogP contribution in [-0.4, -0.2) is 15.0 Å². The van der Waals surface area contributed by atoms with E-state index in [0.717, 1.165) is 6.42 Å². The molecule has 0 aromatic carbocycles. The van der Waals surface area contributed by atoms with Crippen LogP contribution in [0.5, 0.6) is 0 Å². The first kappa shape index (κ1) is 12.4. The van der Waals surface area contributed by atoms with Crippen LogP contribution in [0.1, 0.15) is 13.3 Å². The number of rotatable bonds is 4. The second-order valence-electron chi connectivity index (χ2n) is 2.17. The molecule has 68 valence electrons. The monoisotopic (exact) mass is 256 g/mol. The Morgan fingerprint density at radius 3 is 1.36 bits per heavy atom. The fraction of sp³-hybridized carbons (Fsp3) is 1.00. The largest absolute Gasteiger partial charge is 0.123 e. The normalized spacial score (nSPS) is 15.0. The lowest BCUT2D eigenvalue weighted by Crippen LogP contribution is -2.26. The molecule has 1 atom stereocenters. The highest BCUT2D eigenvalue weighted by Crippen LogP contribution is 2.32. The molecule has 0 nitrogen and oxygen atoms in total. The van der Waals surface area contributed by atoms with E-state index < -0.39 is 9.67 Å². The van der Waals surface area contributed by atoms with Gasteiger partial charge in [-0.2, -0.15) is 0 Å². The summed E-state index contributed by atoms with van der Waals surface area (Å²) >= 11 is 28.4. The Kier molecular flexibility index (Phi) is 6.78. The molecule has 0 N–H and O–H groups in total. The van der Waals surface area contributed by atoms with Gasteiger partial charge in [-0.1, -0.05) is 6.92 Å². The van der Waals surface area contributed by atoms with E-state index in [1.807, 2.05) is 6.92 Å². The van der Waals surface area contributed by atoms with Gasteiger partial charge in [0.05, 0.1) is 0 Å². The molecule has 1 unspecified atom stereocenters. The first-order valence-electron chi connectivity index (χ1n) is 3.21. The lowest BCUT2D eigenvalue weighted by Gasteiger charge is -2.22. The minimum absolute atomic E-state index is 0.171. The second-order valence-corrected chi connectivity index (χ2v) is 5.06. The van der Waals surface area contributed by atoms with Gasteiger partial charge in [0.15, 0.2) is 0 Å². The molecule has 0 amide bonds. The lowest BCUT2D eigenvalue weighted by atomic mass is 10.1. The summed E-state index contributed by atoms with van der Waals surface area (Å²) in [5.74, 6) is -0.270. The summed E-state index contributed by atoms with van der Waals surface area (Å²) in [6, 6.07) is 0. The molecule has 0 aliphatic rings. The maximum atomic E-state index is 5.88. The third-order valence-electron chi connectivity index (χ3n) is 1.39. The number of hydrogen-bond acceptors (Lipinski definition) is 0. The summed E-state index contributed by atoms with van der Waals surface area (Å²) in [4.78, 5) is -1.23. The zero-order valence-corrected chi connectivity index (χ0v) is 9.69. The Bertz CT molecular complexity index is 95.1. The van der Waals surface area contributed by atoms with Gasteiger partial charge < -0.3 is 0 Å². The molecule has 0 aromatic rings. The van der Waals surface area contributed by atoms with Gasteiger partial charge in [-0.05, 0) is 6.42 Å². The Balaban J connectivity index is 4.09. The van der Waals surface area contributed by atoms with Crippen molar-refractivity contribution < 1.29 is 0 Å². The van der Waals surface area contributed by atoms with Crippen LogP contribution in [0.4, 0.5) is 0 Å². The van der Waals surface area contributed by atoms with Crippen LogP contribution in [0, 0.1) is 5.92 Å². The first-order valence-corrected chi connectivity index (χ1v) is 5.39. The number of hydrogen-bond donors (Lipinski definition) is 0. The predicted octanol–water partition coefficient (Wildman–Crippen LogP) is 4.23. The molecule has 0 saturated carbocycles. The van der Waals surface area contributed by atoms with Crippen molar-refractivity contribution in [1.82, 2.24) is 0 Å². The highest BCUT2D eigenvalue weighted by molar-refractivity contribution is 6.49. The van der Waals surface area contributed by atoms with Gasteiger partial charge in [0, 0.05) is 11.3 Å². The van der Waals surface area contributed by atoms with E-state index in [1.165, 1.54) is 0 Å². The van der Waals surface area contributed by atoms with E-state index in [1.54, 1.807) is 0 Å². The number of alkyl halides is 5. The standard InChI is InChI=1S/C6H9Cl5/c1-2-3(7)4(5(8)9)6(10)11/h3-6H,2H2,1H3. The van der Waals surface area contributed by atoms with Crippen LogP contribution in [-0.2, 0) is 0 Å². The molecule has 0 fully saturated rings. The summed E-state index contributed by atoms with van der Waals surface area (Å²) in [7, 11) is 0. The van der Waals surface area contributed by atoms with E-state index in [4.69, 9.17) is 58.0 Å². The minimum atomic E-state index is -0.613. The van der Waals surface area contributed by atoms with Crippen LogP contribution >= 0.6 is 58.0 Å². The van der Waals surface area contributed by atoms with Crippen LogP contribution in [0.25, 0.3) is 0 Å². The molecule has 0 spiro atoms. The SMILES string of the molecule is CCC(Cl)C(C(Cl)Cl)C(Cl)Cl. The zero-order valence-electron chi connectivity index (χ0n) is 5.91. The molecule has 0 aromatic heterocycles. The fourth-order valence-electron chi connectivity index (χ4n) is 0.698. The van der Waals surface area contributed by atoms with E-state index in [9.17, 15) is 0 Å². The Morgan fingerprint density at radius 2 is 1.27 bits per heavy atom. The van der Waals surface area contributed by atoms with E-state index in [2.05, 4.69) is 0 Å². The molecule has 0 rings (SSSR count). The molecule has 0 heterocycles.